The largest absolute Gasteiger partial charge is 0.492 e. The monoisotopic (exact) mass is 417 g/mol. The highest BCUT2D eigenvalue weighted by atomic mass is 35.5. The van der Waals surface area contributed by atoms with Gasteiger partial charge in [-0.3, -0.25) is 4.79 Å². The summed E-state index contributed by atoms with van der Waals surface area (Å²) in [6.07, 6.45) is 3.33. The van der Waals surface area contributed by atoms with Gasteiger partial charge in [0.1, 0.15) is 10.6 Å². The number of nitrogens with one attached hydrogen (secondary N) is 2. The molecule has 7 nitrogen and oxygen atoms in total. The SMILES string of the molecule is CCOc1ccc(NC(=O)C2CCNCC2)cc1S(=O)(=O)N1CCCC1.Cl. The second-order valence-corrected chi connectivity index (χ2v) is 8.63. The maximum atomic E-state index is 13.0. The van der Waals surface area contributed by atoms with Crippen LogP contribution in [0.2, 0.25) is 0 Å². The molecule has 3 rings (SSSR count). The van der Waals surface area contributed by atoms with Crippen LogP contribution in [-0.4, -0.2) is 51.4 Å². The van der Waals surface area contributed by atoms with Gasteiger partial charge in [0, 0.05) is 24.7 Å². The zero-order chi connectivity index (χ0) is 18.6. The van der Waals surface area contributed by atoms with Gasteiger partial charge >= 0.3 is 0 Å². The first-order chi connectivity index (χ1) is 12.5. The predicted octanol–water partition coefficient (Wildman–Crippen LogP) is 2.23. The molecule has 0 atom stereocenters. The van der Waals surface area contributed by atoms with Crippen LogP contribution in [0.1, 0.15) is 32.6 Å². The van der Waals surface area contributed by atoms with Crippen molar-refractivity contribution < 1.29 is 17.9 Å². The lowest BCUT2D eigenvalue weighted by Crippen LogP contribution is -2.34. The Morgan fingerprint density at radius 1 is 1.26 bits per heavy atom. The number of anilines is 1. The number of piperidine rings is 1. The fourth-order valence-corrected chi connectivity index (χ4v) is 5.13. The van der Waals surface area contributed by atoms with E-state index in [0.717, 1.165) is 38.8 Å². The van der Waals surface area contributed by atoms with Crippen molar-refractivity contribution >= 4 is 34.0 Å². The van der Waals surface area contributed by atoms with Crippen LogP contribution in [0.25, 0.3) is 0 Å². The molecule has 0 spiro atoms. The first-order valence-electron chi connectivity index (χ1n) is 9.31. The van der Waals surface area contributed by atoms with Gasteiger partial charge in [0.25, 0.3) is 0 Å². The van der Waals surface area contributed by atoms with Gasteiger partial charge in [-0.15, -0.1) is 12.4 Å². The quantitative estimate of drug-likeness (QED) is 0.741. The Morgan fingerprint density at radius 2 is 1.93 bits per heavy atom. The Morgan fingerprint density at radius 3 is 2.56 bits per heavy atom. The van der Waals surface area contributed by atoms with E-state index in [1.807, 2.05) is 6.92 Å². The smallest absolute Gasteiger partial charge is 0.246 e. The van der Waals surface area contributed by atoms with Crippen molar-refractivity contribution in [3.63, 3.8) is 0 Å². The second kappa shape index (κ2) is 9.73. The highest BCUT2D eigenvalue weighted by Crippen LogP contribution is 2.32. The van der Waals surface area contributed by atoms with Crippen molar-refractivity contribution in [2.75, 3.05) is 38.1 Å². The highest BCUT2D eigenvalue weighted by Gasteiger charge is 2.30. The summed E-state index contributed by atoms with van der Waals surface area (Å²) >= 11 is 0. The molecule has 9 heteroatoms. The molecule has 0 unspecified atom stereocenters. The summed E-state index contributed by atoms with van der Waals surface area (Å²) in [4.78, 5) is 12.6. The molecule has 2 saturated heterocycles. The number of ether oxygens (including phenoxy) is 1. The lowest BCUT2D eigenvalue weighted by molar-refractivity contribution is -0.120. The molecule has 2 aliphatic heterocycles. The average molecular weight is 418 g/mol. The van der Waals surface area contributed by atoms with E-state index in [4.69, 9.17) is 4.74 Å². The minimum absolute atomic E-state index is 0. The standard InChI is InChI=1S/C18H27N3O4S.ClH/c1-2-25-16-6-5-15(20-18(22)14-7-9-19-10-8-14)13-17(16)26(23,24)21-11-3-4-12-21;/h5-6,13-14,19H,2-4,7-12H2,1H3,(H,20,22);1H. The van der Waals surface area contributed by atoms with Crippen molar-refractivity contribution in [2.24, 2.45) is 5.92 Å². The van der Waals surface area contributed by atoms with Gasteiger partial charge in [-0.1, -0.05) is 0 Å². The van der Waals surface area contributed by atoms with Crippen LogP contribution in [-0.2, 0) is 14.8 Å². The summed E-state index contributed by atoms with van der Waals surface area (Å²) < 4.78 is 33.0. The van der Waals surface area contributed by atoms with Gasteiger partial charge in [-0.2, -0.15) is 4.31 Å². The van der Waals surface area contributed by atoms with Crippen molar-refractivity contribution in [1.82, 2.24) is 9.62 Å². The number of nitrogens with zero attached hydrogens (tertiary/aromatic N) is 1. The van der Waals surface area contributed by atoms with Crippen LogP contribution >= 0.6 is 12.4 Å². The molecule has 0 aliphatic carbocycles. The highest BCUT2D eigenvalue weighted by molar-refractivity contribution is 7.89. The van der Waals surface area contributed by atoms with Crippen LogP contribution in [0.4, 0.5) is 5.69 Å². The van der Waals surface area contributed by atoms with E-state index in [9.17, 15) is 13.2 Å². The van der Waals surface area contributed by atoms with Gasteiger partial charge in [-0.25, -0.2) is 8.42 Å². The molecule has 2 fully saturated rings. The summed E-state index contributed by atoms with van der Waals surface area (Å²) in [5.41, 5.74) is 0.495. The van der Waals surface area contributed by atoms with Crippen LogP contribution < -0.4 is 15.4 Å². The summed E-state index contributed by atoms with van der Waals surface area (Å²) in [5, 5.41) is 6.11. The van der Waals surface area contributed by atoms with E-state index in [2.05, 4.69) is 10.6 Å². The first kappa shape index (κ1) is 21.9. The topological polar surface area (TPSA) is 87.7 Å². The minimum atomic E-state index is -3.63. The van der Waals surface area contributed by atoms with Crippen molar-refractivity contribution in [3.05, 3.63) is 18.2 Å². The Kier molecular flexibility index (Phi) is 7.91. The van der Waals surface area contributed by atoms with Crippen LogP contribution in [0.3, 0.4) is 0 Å². The zero-order valence-corrected chi connectivity index (χ0v) is 17.2. The average Bonchev–Trinajstić information content (AvgIpc) is 3.19. The van der Waals surface area contributed by atoms with E-state index in [0.29, 0.717) is 31.1 Å². The molecule has 152 valence electrons. The van der Waals surface area contributed by atoms with Gasteiger partial charge in [0.05, 0.1) is 6.61 Å². The molecule has 0 bridgehead atoms. The van der Waals surface area contributed by atoms with Crippen molar-refractivity contribution in [2.45, 2.75) is 37.5 Å². The molecule has 2 aliphatic rings. The van der Waals surface area contributed by atoms with Gasteiger partial charge in [0.15, 0.2) is 0 Å². The zero-order valence-electron chi connectivity index (χ0n) is 15.6. The number of hydrogen-bond donors (Lipinski definition) is 2. The first-order valence-corrected chi connectivity index (χ1v) is 10.7. The van der Waals surface area contributed by atoms with Crippen LogP contribution in [0.15, 0.2) is 23.1 Å². The molecule has 1 aromatic carbocycles. The number of carbonyl (C=O) groups is 1. The Balaban J connectivity index is 0.00000261. The van der Waals surface area contributed by atoms with E-state index in [-0.39, 0.29) is 29.1 Å². The second-order valence-electron chi connectivity index (χ2n) is 6.72. The Labute approximate surface area is 167 Å². The van der Waals surface area contributed by atoms with E-state index >= 15 is 0 Å². The lowest BCUT2D eigenvalue weighted by atomic mass is 9.97. The molecule has 2 heterocycles. The summed E-state index contributed by atoms with van der Waals surface area (Å²) in [6, 6.07) is 4.86. The third-order valence-electron chi connectivity index (χ3n) is 4.90. The van der Waals surface area contributed by atoms with Crippen molar-refractivity contribution in [3.8, 4) is 5.75 Å². The maximum Gasteiger partial charge on any atom is 0.246 e. The molecule has 1 aromatic rings. The van der Waals surface area contributed by atoms with Gasteiger partial charge in [-0.05, 0) is 63.9 Å². The number of halogens is 1. The number of hydrogen-bond acceptors (Lipinski definition) is 5. The summed E-state index contributed by atoms with van der Waals surface area (Å²) in [6.45, 7) is 4.91. The Hall–Kier alpha value is -1.35. The fourth-order valence-electron chi connectivity index (χ4n) is 3.46. The molecule has 0 radical (unpaired) electrons. The van der Waals surface area contributed by atoms with E-state index in [1.54, 1.807) is 12.1 Å². The lowest BCUT2D eigenvalue weighted by Gasteiger charge is -2.22. The third kappa shape index (κ3) is 5.13. The number of sulfonamides is 1. The number of rotatable bonds is 6. The molecular formula is C18H28ClN3O4S. The predicted molar refractivity (Wildman–Crippen MR) is 107 cm³/mol. The minimum Gasteiger partial charge on any atom is -0.492 e. The van der Waals surface area contributed by atoms with Crippen molar-refractivity contribution in [1.29, 1.82) is 0 Å². The fraction of sp³-hybridized carbons (Fsp3) is 0.611. The number of benzene rings is 1. The molecule has 1 amide bonds. The van der Waals surface area contributed by atoms with E-state index < -0.39 is 10.0 Å². The van der Waals surface area contributed by atoms with Gasteiger partial charge < -0.3 is 15.4 Å². The molecular weight excluding hydrogens is 390 g/mol. The normalized spacial score (nSPS) is 18.7. The van der Waals surface area contributed by atoms with Gasteiger partial charge in [0.2, 0.25) is 15.9 Å². The molecule has 0 aromatic heterocycles. The molecule has 27 heavy (non-hydrogen) atoms. The van der Waals surface area contributed by atoms with E-state index in [1.165, 1.54) is 10.4 Å². The summed E-state index contributed by atoms with van der Waals surface area (Å²) in [5.74, 6) is 0.237. The Bertz CT molecular complexity index is 745. The molecule has 2 N–H and O–H groups in total. The third-order valence-corrected chi connectivity index (χ3v) is 6.82. The number of carbonyl (C=O) groups excluding carboxylic acids is 1. The number of amides is 1. The molecule has 0 saturated carbocycles. The summed E-state index contributed by atoms with van der Waals surface area (Å²) in [7, 11) is -3.63. The van der Waals surface area contributed by atoms with Crippen LogP contribution in [0, 0.1) is 5.92 Å². The maximum absolute atomic E-state index is 13.0. The van der Waals surface area contributed by atoms with Crippen LogP contribution in [0.5, 0.6) is 5.75 Å².